The molecule has 4 nitrogen and oxygen atoms in total. The quantitative estimate of drug-likeness (QED) is 0.625. The van der Waals surface area contributed by atoms with Gasteiger partial charge in [-0.3, -0.25) is 0 Å². The van der Waals surface area contributed by atoms with Gasteiger partial charge in [-0.2, -0.15) is 0 Å². The third-order valence-corrected chi connectivity index (χ3v) is 2.14. The Hall–Kier alpha value is -0.880. The molecule has 0 fully saturated rings. The zero-order valence-corrected chi connectivity index (χ0v) is 10.5. The minimum absolute atomic E-state index is 0.106. The van der Waals surface area contributed by atoms with Crippen molar-refractivity contribution in [2.45, 2.75) is 3.92 Å². The van der Waals surface area contributed by atoms with E-state index in [1.807, 2.05) is 6.07 Å². The molecule has 0 saturated carbocycles. The molecule has 0 radical (unpaired) electrons. The Morgan fingerprint density at radius 1 is 1.40 bits per heavy atom. The molecule has 15 heavy (non-hydrogen) atoms. The summed E-state index contributed by atoms with van der Waals surface area (Å²) in [5.74, 6) is -0.461. The molecular formula is C9H5Br2NO3. The maximum atomic E-state index is 11.5. The molecule has 0 atom stereocenters. The second-order valence-corrected chi connectivity index (χ2v) is 5.59. The smallest absolute Gasteiger partial charge is 0.379 e. The number of benzene rings is 1. The third-order valence-electron chi connectivity index (χ3n) is 1.77. The molecular weight excluding hydrogens is 330 g/mol. The van der Waals surface area contributed by atoms with Crippen LogP contribution in [-0.2, 0) is 4.74 Å². The predicted octanol–water partition coefficient (Wildman–Crippen LogP) is 3.06. The maximum absolute atomic E-state index is 11.5. The molecule has 6 heteroatoms. The first-order chi connectivity index (χ1) is 7.18. The van der Waals surface area contributed by atoms with Gasteiger partial charge in [0.1, 0.15) is 5.52 Å². The van der Waals surface area contributed by atoms with Gasteiger partial charge in [0.2, 0.25) is 3.92 Å². The fourth-order valence-electron chi connectivity index (χ4n) is 1.17. The summed E-state index contributed by atoms with van der Waals surface area (Å²) in [6, 6.07) is 7.13. The number of hydrogen-bond acceptors (Lipinski definition) is 4. The molecule has 0 N–H and O–H groups in total. The molecule has 0 aliphatic heterocycles. The SMILES string of the molecule is O=C(OC(Br)Br)c1onc2ccccc12. The van der Waals surface area contributed by atoms with E-state index in [1.54, 1.807) is 18.2 Å². The van der Waals surface area contributed by atoms with Crippen molar-refractivity contribution in [3.05, 3.63) is 30.0 Å². The lowest BCUT2D eigenvalue weighted by atomic mass is 10.2. The number of nitrogens with zero attached hydrogens (tertiary/aromatic N) is 1. The minimum Gasteiger partial charge on any atom is -0.434 e. The van der Waals surface area contributed by atoms with Crippen LogP contribution in [0.1, 0.15) is 10.6 Å². The van der Waals surface area contributed by atoms with Crippen LogP contribution in [-0.4, -0.2) is 15.0 Å². The summed E-state index contributed by atoms with van der Waals surface area (Å²) in [5, 5.41) is 4.38. The molecule has 0 saturated heterocycles. The molecule has 0 aliphatic carbocycles. The Morgan fingerprint density at radius 2 is 2.13 bits per heavy atom. The summed E-state index contributed by atoms with van der Waals surface area (Å²) < 4.78 is 9.23. The van der Waals surface area contributed by atoms with Gasteiger partial charge in [-0.15, -0.1) is 0 Å². The van der Waals surface area contributed by atoms with Crippen LogP contribution < -0.4 is 0 Å². The number of carbonyl (C=O) groups excluding carboxylic acids is 1. The van der Waals surface area contributed by atoms with Gasteiger partial charge >= 0.3 is 5.97 Å². The average molecular weight is 335 g/mol. The van der Waals surface area contributed by atoms with Gasteiger partial charge in [-0.1, -0.05) is 17.3 Å². The van der Waals surface area contributed by atoms with E-state index in [4.69, 9.17) is 9.26 Å². The van der Waals surface area contributed by atoms with Gasteiger partial charge in [0, 0.05) is 0 Å². The van der Waals surface area contributed by atoms with E-state index in [-0.39, 0.29) is 5.76 Å². The summed E-state index contributed by atoms with van der Waals surface area (Å²) >= 11 is 6.07. The van der Waals surface area contributed by atoms with E-state index in [0.29, 0.717) is 10.9 Å². The Balaban J connectivity index is 2.40. The van der Waals surface area contributed by atoms with Crippen LogP contribution in [0.15, 0.2) is 28.8 Å². The summed E-state index contributed by atoms with van der Waals surface area (Å²) in [6.07, 6.45) is 0. The average Bonchev–Trinajstić information content (AvgIpc) is 2.59. The maximum Gasteiger partial charge on any atom is 0.379 e. The molecule has 0 unspecified atom stereocenters. The van der Waals surface area contributed by atoms with Crippen LogP contribution in [0.3, 0.4) is 0 Å². The number of alkyl halides is 2. The Labute approximate surface area is 102 Å². The number of esters is 1. The highest BCUT2D eigenvalue weighted by molar-refractivity contribution is 9.24. The summed E-state index contributed by atoms with van der Waals surface area (Å²) in [5.41, 5.74) is 0.630. The Kier molecular flexibility index (Phi) is 3.06. The summed E-state index contributed by atoms with van der Waals surface area (Å²) in [7, 11) is 0. The van der Waals surface area contributed by atoms with Crippen molar-refractivity contribution in [2.75, 3.05) is 0 Å². The van der Waals surface area contributed by atoms with Crippen LogP contribution in [0, 0.1) is 0 Å². The molecule has 0 spiro atoms. The molecule has 2 aromatic rings. The van der Waals surface area contributed by atoms with Gasteiger partial charge < -0.3 is 9.26 Å². The van der Waals surface area contributed by atoms with E-state index >= 15 is 0 Å². The monoisotopic (exact) mass is 333 g/mol. The van der Waals surface area contributed by atoms with Crippen molar-refractivity contribution in [1.29, 1.82) is 0 Å². The summed E-state index contributed by atoms with van der Waals surface area (Å²) in [6.45, 7) is 0. The zero-order chi connectivity index (χ0) is 10.8. The lowest BCUT2D eigenvalue weighted by molar-refractivity contribution is 0.0517. The lowest BCUT2D eigenvalue weighted by Gasteiger charge is -2.01. The van der Waals surface area contributed by atoms with Crippen molar-refractivity contribution in [3.8, 4) is 0 Å². The van der Waals surface area contributed by atoms with E-state index < -0.39 is 9.89 Å². The van der Waals surface area contributed by atoms with E-state index in [2.05, 4.69) is 37.0 Å². The number of aromatic nitrogens is 1. The molecule has 78 valence electrons. The molecule has 1 heterocycles. The van der Waals surface area contributed by atoms with Crippen LogP contribution in [0.25, 0.3) is 10.9 Å². The summed E-state index contributed by atoms with van der Waals surface area (Å²) in [4.78, 5) is 11.5. The van der Waals surface area contributed by atoms with Gasteiger partial charge in [-0.05, 0) is 44.0 Å². The fourth-order valence-corrected chi connectivity index (χ4v) is 1.51. The first kappa shape index (κ1) is 10.6. The van der Waals surface area contributed by atoms with Crippen molar-refractivity contribution in [3.63, 3.8) is 0 Å². The van der Waals surface area contributed by atoms with Crippen molar-refractivity contribution in [1.82, 2.24) is 5.16 Å². The normalized spacial score (nSPS) is 10.9. The zero-order valence-electron chi connectivity index (χ0n) is 7.31. The lowest BCUT2D eigenvalue weighted by Crippen LogP contribution is -2.06. The molecule has 0 amide bonds. The number of fused-ring (bicyclic) bond motifs is 1. The highest BCUT2D eigenvalue weighted by atomic mass is 79.9. The number of ether oxygens (including phenoxy) is 1. The van der Waals surface area contributed by atoms with E-state index in [0.717, 1.165) is 0 Å². The topological polar surface area (TPSA) is 52.3 Å². The van der Waals surface area contributed by atoms with Crippen molar-refractivity contribution in [2.24, 2.45) is 0 Å². The van der Waals surface area contributed by atoms with Crippen molar-refractivity contribution < 1.29 is 14.1 Å². The van der Waals surface area contributed by atoms with Crippen LogP contribution in [0.4, 0.5) is 0 Å². The molecule has 1 aromatic carbocycles. The fraction of sp³-hybridized carbons (Fsp3) is 0.111. The van der Waals surface area contributed by atoms with Crippen molar-refractivity contribution >= 4 is 48.7 Å². The Bertz CT molecular complexity index is 495. The molecule has 1 aromatic heterocycles. The van der Waals surface area contributed by atoms with Gasteiger partial charge in [0.05, 0.1) is 5.39 Å². The number of halogens is 2. The van der Waals surface area contributed by atoms with Crippen LogP contribution in [0.5, 0.6) is 0 Å². The first-order valence-corrected chi connectivity index (χ1v) is 5.85. The Morgan fingerprint density at radius 3 is 2.87 bits per heavy atom. The van der Waals surface area contributed by atoms with Crippen LogP contribution >= 0.6 is 31.9 Å². The molecule has 0 aliphatic rings. The molecule has 0 bridgehead atoms. The van der Waals surface area contributed by atoms with Gasteiger partial charge in [0.25, 0.3) is 5.76 Å². The van der Waals surface area contributed by atoms with E-state index in [1.165, 1.54) is 0 Å². The standard InChI is InChI=1S/C9H5Br2NO3/c10-9(11)14-8(13)7-5-3-1-2-4-6(5)12-15-7/h1-4,9H. The molecule has 2 rings (SSSR count). The third kappa shape index (κ3) is 2.21. The van der Waals surface area contributed by atoms with Gasteiger partial charge in [0.15, 0.2) is 0 Å². The second kappa shape index (κ2) is 4.32. The predicted molar refractivity (Wildman–Crippen MR) is 61.1 cm³/mol. The highest BCUT2D eigenvalue weighted by Crippen LogP contribution is 2.20. The van der Waals surface area contributed by atoms with Gasteiger partial charge in [-0.25, -0.2) is 4.79 Å². The number of rotatable bonds is 2. The number of carbonyl (C=O) groups is 1. The minimum atomic E-state index is -0.567. The second-order valence-electron chi connectivity index (χ2n) is 2.69. The number of hydrogen-bond donors (Lipinski definition) is 0. The highest BCUT2D eigenvalue weighted by Gasteiger charge is 2.19. The largest absolute Gasteiger partial charge is 0.434 e. The first-order valence-electron chi connectivity index (χ1n) is 4.02. The van der Waals surface area contributed by atoms with Crippen LogP contribution in [0.2, 0.25) is 0 Å². The van der Waals surface area contributed by atoms with E-state index in [9.17, 15) is 4.79 Å².